The zero-order chi connectivity index (χ0) is 18.0. The number of nitrogens with two attached hydrogens (primary N) is 1. The number of hydrogen-bond acceptors (Lipinski definition) is 5. The van der Waals surface area contributed by atoms with Gasteiger partial charge in [-0.3, -0.25) is 0 Å². The average molecular weight is 379 g/mol. The number of para-hydroxylation sites is 1. The molecule has 0 aliphatic rings. The summed E-state index contributed by atoms with van der Waals surface area (Å²) in [5.41, 5.74) is 7.62. The number of benzene rings is 1. The Labute approximate surface area is 159 Å². The Morgan fingerprint density at radius 1 is 1.23 bits per heavy atom. The van der Waals surface area contributed by atoms with Gasteiger partial charge in [-0.05, 0) is 25.8 Å². The fourth-order valence-electron chi connectivity index (χ4n) is 3.45. The summed E-state index contributed by atoms with van der Waals surface area (Å²) in [7, 11) is 0. The molecule has 2 aromatic heterocycles. The van der Waals surface area contributed by atoms with Crippen LogP contribution in [0.15, 0.2) is 30.6 Å². The van der Waals surface area contributed by atoms with Gasteiger partial charge >= 0.3 is 0 Å². The van der Waals surface area contributed by atoms with E-state index in [1.54, 1.807) is 6.33 Å². The summed E-state index contributed by atoms with van der Waals surface area (Å²) >= 11 is 0. The van der Waals surface area contributed by atoms with E-state index in [9.17, 15) is 5.11 Å². The number of anilines is 1. The summed E-state index contributed by atoms with van der Waals surface area (Å²) < 4.78 is 7.72. The van der Waals surface area contributed by atoms with Crippen molar-refractivity contribution < 1.29 is 9.84 Å². The zero-order valence-corrected chi connectivity index (χ0v) is 16.3. The molecular formula is C19H27ClN4O2. The Morgan fingerprint density at radius 2 is 1.92 bits per heavy atom. The Morgan fingerprint density at radius 3 is 2.58 bits per heavy atom. The van der Waals surface area contributed by atoms with E-state index >= 15 is 0 Å². The van der Waals surface area contributed by atoms with Crippen LogP contribution in [0.4, 0.5) is 5.82 Å². The van der Waals surface area contributed by atoms with Gasteiger partial charge in [0, 0.05) is 12.0 Å². The molecule has 1 atom stereocenters. The lowest BCUT2D eigenvalue weighted by Crippen LogP contribution is -2.41. The van der Waals surface area contributed by atoms with Crippen LogP contribution in [-0.4, -0.2) is 38.5 Å². The fraction of sp³-hybridized carbons (Fsp3) is 0.474. The third kappa shape index (κ3) is 3.37. The molecule has 2 heterocycles. The van der Waals surface area contributed by atoms with Crippen molar-refractivity contribution in [3.05, 3.63) is 30.6 Å². The number of nitrogen functional groups attached to an aromatic ring is 1. The molecule has 0 amide bonds. The first kappa shape index (κ1) is 20.4. The molecule has 7 heteroatoms. The molecule has 0 saturated carbocycles. The van der Waals surface area contributed by atoms with Crippen molar-refractivity contribution >= 4 is 40.2 Å². The van der Waals surface area contributed by atoms with Gasteiger partial charge in [-0.2, -0.15) is 0 Å². The van der Waals surface area contributed by atoms with E-state index in [-0.39, 0.29) is 18.4 Å². The maximum absolute atomic E-state index is 11.2. The highest BCUT2D eigenvalue weighted by molar-refractivity contribution is 6.06. The first-order valence-corrected chi connectivity index (χ1v) is 8.86. The summed E-state index contributed by atoms with van der Waals surface area (Å²) in [6.07, 6.45) is 2.99. The lowest BCUT2D eigenvalue weighted by Gasteiger charge is -2.36. The Balaban J connectivity index is 0.00000243. The van der Waals surface area contributed by atoms with Gasteiger partial charge in [0.25, 0.3) is 0 Å². The second kappa shape index (κ2) is 8.20. The summed E-state index contributed by atoms with van der Waals surface area (Å²) in [4.78, 5) is 8.94. The number of ether oxygens (including phenoxy) is 1. The lowest BCUT2D eigenvalue weighted by atomic mass is 9.88. The molecule has 0 saturated heterocycles. The largest absolute Gasteiger partial charge is 0.388 e. The minimum absolute atomic E-state index is 0. The molecule has 0 radical (unpaired) electrons. The van der Waals surface area contributed by atoms with E-state index < -0.39 is 5.60 Å². The van der Waals surface area contributed by atoms with Gasteiger partial charge < -0.3 is 20.1 Å². The second-order valence-corrected chi connectivity index (χ2v) is 6.35. The van der Waals surface area contributed by atoms with E-state index in [0.29, 0.717) is 37.4 Å². The predicted octanol–water partition coefficient (Wildman–Crippen LogP) is 3.72. The number of fused-ring (bicyclic) bond motifs is 3. The van der Waals surface area contributed by atoms with Crippen molar-refractivity contribution in [3.8, 4) is 0 Å². The predicted molar refractivity (Wildman–Crippen MR) is 108 cm³/mol. The molecule has 3 rings (SSSR count). The number of halogens is 1. The van der Waals surface area contributed by atoms with Crippen LogP contribution < -0.4 is 5.73 Å². The molecule has 0 aliphatic carbocycles. The Hall–Kier alpha value is -1.89. The first-order chi connectivity index (χ1) is 12.1. The van der Waals surface area contributed by atoms with Crippen molar-refractivity contribution in [1.82, 2.24) is 14.5 Å². The highest BCUT2D eigenvalue weighted by atomic mass is 35.5. The van der Waals surface area contributed by atoms with Gasteiger partial charge in [0.15, 0.2) is 5.82 Å². The van der Waals surface area contributed by atoms with Crippen molar-refractivity contribution in [1.29, 1.82) is 0 Å². The molecule has 142 valence electrons. The summed E-state index contributed by atoms with van der Waals surface area (Å²) in [6.45, 7) is 6.95. The van der Waals surface area contributed by atoms with Gasteiger partial charge in [-0.1, -0.05) is 32.0 Å². The van der Waals surface area contributed by atoms with Crippen molar-refractivity contribution in [2.45, 2.75) is 45.3 Å². The number of pyridine rings is 1. The van der Waals surface area contributed by atoms with Crippen LogP contribution in [0.25, 0.3) is 21.9 Å². The van der Waals surface area contributed by atoms with Crippen LogP contribution in [0.2, 0.25) is 0 Å². The van der Waals surface area contributed by atoms with E-state index in [1.807, 2.05) is 49.6 Å². The second-order valence-electron chi connectivity index (χ2n) is 6.35. The van der Waals surface area contributed by atoms with E-state index in [1.165, 1.54) is 0 Å². The monoisotopic (exact) mass is 378 g/mol. The summed E-state index contributed by atoms with van der Waals surface area (Å²) in [5, 5.41) is 12.2. The summed E-state index contributed by atoms with van der Waals surface area (Å²) in [6, 6.07) is 7.61. The van der Waals surface area contributed by atoms with Crippen LogP contribution in [0.3, 0.4) is 0 Å². The van der Waals surface area contributed by atoms with E-state index in [2.05, 4.69) is 9.97 Å². The maximum atomic E-state index is 11.2. The molecule has 0 fully saturated rings. The number of aromatic nitrogens is 3. The van der Waals surface area contributed by atoms with Crippen LogP contribution in [-0.2, 0) is 4.74 Å². The van der Waals surface area contributed by atoms with Crippen LogP contribution >= 0.6 is 12.4 Å². The van der Waals surface area contributed by atoms with Gasteiger partial charge in [0.2, 0.25) is 0 Å². The van der Waals surface area contributed by atoms with Crippen molar-refractivity contribution in [3.63, 3.8) is 0 Å². The molecule has 0 aliphatic heterocycles. The molecule has 0 spiro atoms. The molecule has 6 nitrogen and oxygen atoms in total. The lowest BCUT2D eigenvalue weighted by molar-refractivity contribution is -0.0503. The third-order valence-corrected chi connectivity index (χ3v) is 5.10. The van der Waals surface area contributed by atoms with Gasteiger partial charge in [-0.15, -0.1) is 12.4 Å². The minimum Gasteiger partial charge on any atom is -0.388 e. The van der Waals surface area contributed by atoms with Gasteiger partial charge in [-0.25, -0.2) is 9.97 Å². The number of hydrogen-bond donors (Lipinski definition) is 2. The van der Waals surface area contributed by atoms with Gasteiger partial charge in [0.05, 0.1) is 35.6 Å². The van der Waals surface area contributed by atoms with Crippen molar-refractivity contribution in [2.75, 3.05) is 18.9 Å². The molecule has 3 N–H and O–H groups in total. The highest BCUT2D eigenvalue weighted by Crippen LogP contribution is 2.35. The molecule has 0 unspecified atom stereocenters. The molecule has 0 bridgehead atoms. The zero-order valence-electron chi connectivity index (χ0n) is 15.5. The number of nitrogens with zero attached hydrogens (tertiary/aromatic N) is 3. The quantitative estimate of drug-likeness (QED) is 0.654. The smallest absolute Gasteiger partial charge is 0.152 e. The first-order valence-electron chi connectivity index (χ1n) is 8.86. The molecule has 1 aromatic carbocycles. The molecular weight excluding hydrogens is 352 g/mol. The highest BCUT2D eigenvalue weighted by Gasteiger charge is 2.36. The van der Waals surface area contributed by atoms with Crippen LogP contribution in [0, 0.1) is 0 Å². The molecule has 26 heavy (non-hydrogen) atoms. The topological polar surface area (TPSA) is 86.2 Å². The van der Waals surface area contributed by atoms with Gasteiger partial charge in [0.1, 0.15) is 5.52 Å². The Kier molecular flexibility index (Phi) is 6.44. The SMILES string of the molecule is CCOC[C@@H](n1cnc2c(N)nc3ccccc3c21)C(O)(CC)CC.Cl. The summed E-state index contributed by atoms with van der Waals surface area (Å²) in [5.74, 6) is 0.402. The number of aliphatic hydroxyl groups is 1. The standard InChI is InChI=1S/C19H26N4O2.ClH/c1-4-19(24,5-2)15(11-25-6-3)23-12-21-16-17(23)13-9-7-8-10-14(13)22-18(16)20;/h7-10,12,15,24H,4-6,11H2,1-3H3,(H2,20,22);1H/t15-;/m1./s1. The number of rotatable bonds is 7. The minimum atomic E-state index is -0.887. The van der Waals surface area contributed by atoms with E-state index in [4.69, 9.17) is 10.5 Å². The van der Waals surface area contributed by atoms with E-state index in [0.717, 1.165) is 16.4 Å². The van der Waals surface area contributed by atoms with Crippen LogP contribution in [0.1, 0.15) is 39.7 Å². The molecule has 3 aromatic rings. The fourth-order valence-corrected chi connectivity index (χ4v) is 3.45. The normalized spacial score (nSPS) is 13.1. The van der Waals surface area contributed by atoms with Crippen LogP contribution in [0.5, 0.6) is 0 Å². The number of imidazole rings is 1. The van der Waals surface area contributed by atoms with Crippen molar-refractivity contribution in [2.24, 2.45) is 0 Å². The third-order valence-electron chi connectivity index (χ3n) is 5.10. The maximum Gasteiger partial charge on any atom is 0.152 e. The average Bonchev–Trinajstić information content (AvgIpc) is 3.07. The Bertz CT molecular complexity index is 876.